The topological polar surface area (TPSA) is 53.9 Å². The van der Waals surface area contributed by atoms with E-state index in [0.717, 1.165) is 5.56 Å². The van der Waals surface area contributed by atoms with Crippen molar-refractivity contribution in [2.75, 3.05) is 6.54 Å². The monoisotopic (exact) mass is 194 g/mol. The number of benzene rings is 1. The molecule has 0 amide bonds. The quantitative estimate of drug-likeness (QED) is 0.720. The zero-order valence-corrected chi connectivity index (χ0v) is 8.62. The number of ether oxygens (including phenoxy) is 1. The van der Waals surface area contributed by atoms with E-state index in [1.807, 2.05) is 37.3 Å². The first-order valence-corrected chi connectivity index (χ1v) is 4.63. The Morgan fingerprint density at radius 2 is 2.00 bits per heavy atom. The Kier molecular flexibility index (Phi) is 3.25. The van der Waals surface area contributed by atoms with Crippen molar-refractivity contribution >= 4 is 5.97 Å². The van der Waals surface area contributed by atoms with Gasteiger partial charge in [-0.25, -0.2) is 0 Å². The minimum atomic E-state index is -0.604. The minimum absolute atomic E-state index is 0.278. The maximum Gasteiger partial charge on any atom is 0.303 e. The first kappa shape index (κ1) is 10.7. The van der Waals surface area contributed by atoms with Crippen LogP contribution in [-0.2, 0) is 15.1 Å². The van der Waals surface area contributed by atoms with Crippen molar-refractivity contribution in [2.45, 2.75) is 19.4 Å². The largest absolute Gasteiger partial charge is 0.449 e. The van der Waals surface area contributed by atoms with Gasteiger partial charge in [0.2, 0.25) is 0 Å². The van der Waals surface area contributed by atoms with Gasteiger partial charge in [-0.3, -0.25) is 4.79 Å². The Balaban J connectivity index is 2.95. The summed E-state index contributed by atoms with van der Waals surface area (Å²) in [6.07, 6.45) is 0. The average Bonchev–Trinajstić information content (AvgIpc) is 2.18. The molecule has 0 aromatic heterocycles. The SMILES string of the molecule is CC(=O)O[C@](C)(C[NH3+])c1ccccc1. The van der Waals surface area contributed by atoms with Gasteiger partial charge in [0.1, 0.15) is 6.54 Å². The molecule has 0 saturated heterocycles. The first-order chi connectivity index (χ1) is 6.58. The molecule has 0 saturated carbocycles. The third-order valence-electron chi connectivity index (χ3n) is 2.23. The van der Waals surface area contributed by atoms with Crippen LogP contribution in [-0.4, -0.2) is 12.5 Å². The molecule has 3 N–H and O–H groups in total. The summed E-state index contributed by atoms with van der Waals surface area (Å²) in [5.74, 6) is -0.278. The van der Waals surface area contributed by atoms with Crippen LogP contribution in [0, 0.1) is 0 Å². The zero-order valence-electron chi connectivity index (χ0n) is 8.62. The summed E-state index contributed by atoms with van der Waals surface area (Å²) in [7, 11) is 0. The molecule has 0 bridgehead atoms. The van der Waals surface area contributed by atoms with Gasteiger partial charge in [0.05, 0.1) is 0 Å². The summed E-state index contributed by atoms with van der Waals surface area (Å²) in [6.45, 7) is 3.81. The van der Waals surface area contributed by atoms with Gasteiger partial charge >= 0.3 is 5.97 Å². The minimum Gasteiger partial charge on any atom is -0.449 e. The van der Waals surface area contributed by atoms with Crippen LogP contribution in [0.25, 0.3) is 0 Å². The molecule has 3 nitrogen and oxygen atoms in total. The van der Waals surface area contributed by atoms with Gasteiger partial charge in [0, 0.05) is 12.5 Å². The number of hydrogen-bond acceptors (Lipinski definition) is 2. The normalized spacial score (nSPS) is 14.5. The van der Waals surface area contributed by atoms with E-state index in [9.17, 15) is 4.79 Å². The molecule has 3 heteroatoms. The van der Waals surface area contributed by atoms with Crippen LogP contribution in [0.2, 0.25) is 0 Å². The van der Waals surface area contributed by atoms with Gasteiger partial charge in [-0.1, -0.05) is 30.3 Å². The predicted octanol–water partition coefficient (Wildman–Crippen LogP) is 0.707. The molecule has 1 rings (SSSR count). The number of carbonyl (C=O) groups is 1. The van der Waals surface area contributed by atoms with E-state index in [4.69, 9.17) is 4.74 Å². The summed E-state index contributed by atoms with van der Waals surface area (Å²) < 4.78 is 5.27. The van der Waals surface area contributed by atoms with E-state index in [-0.39, 0.29) is 5.97 Å². The molecule has 1 aromatic rings. The molecule has 0 aliphatic rings. The van der Waals surface area contributed by atoms with Crippen molar-refractivity contribution < 1.29 is 15.3 Å². The standard InChI is InChI=1S/C11H15NO2/c1-9(13)14-11(2,8-12)10-6-4-3-5-7-10/h3-7H,8,12H2,1-2H3/p+1/t11-/m1/s1. The number of hydrogen-bond donors (Lipinski definition) is 1. The van der Waals surface area contributed by atoms with Gasteiger partial charge < -0.3 is 10.5 Å². The average molecular weight is 194 g/mol. The van der Waals surface area contributed by atoms with Crippen molar-refractivity contribution in [3.05, 3.63) is 35.9 Å². The number of quaternary nitrogens is 1. The molecule has 0 radical (unpaired) electrons. The smallest absolute Gasteiger partial charge is 0.303 e. The lowest BCUT2D eigenvalue weighted by Gasteiger charge is -2.25. The van der Waals surface area contributed by atoms with Crippen molar-refractivity contribution in [1.82, 2.24) is 0 Å². The highest BCUT2D eigenvalue weighted by Crippen LogP contribution is 2.23. The lowest BCUT2D eigenvalue weighted by Crippen LogP contribution is -2.60. The van der Waals surface area contributed by atoms with E-state index in [1.54, 1.807) is 0 Å². The second-order valence-corrected chi connectivity index (χ2v) is 3.44. The molecule has 76 valence electrons. The highest BCUT2D eigenvalue weighted by Gasteiger charge is 2.30. The Labute approximate surface area is 83.9 Å². The van der Waals surface area contributed by atoms with Crippen molar-refractivity contribution in [1.29, 1.82) is 0 Å². The highest BCUT2D eigenvalue weighted by molar-refractivity contribution is 5.66. The van der Waals surface area contributed by atoms with E-state index < -0.39 is 5.60 Å². The molecule has 1 atom stereocenters. The van der Waals surface area contributed by atoms with Crippen LogP contribution >= 0.6 is 0 Å². The lowest BCUT2D eigenvalue weighted by atomic mass is 9.96. The third kappa shape index (κ3) is 2.33. The molecule has 0 aliphatic carbocycles. The van der Waals surface area contributed by atoms with Gasteiger partial charge in [0.15, 0.2) is 5.60 Å². The molecule has 0 aliphatic heterocycles. The van der Waals surface area contributed by atoms with Crippen LogP contribution in [0.4, 0.5) is 0 Å². The highest BCUT2D eigenvalue weighted by atomic mass is 16.6. The van der Waals surface area contributed by atoms with Crippen molar-refractivity contribution in [2.24, 2.45) is 0 Å². The van der Waals surface area contributed by atoms with Crippen molar-refractivity contribution in [3.63, 3.8) is 0 Å². The Bertz CT molecular complexity index is 310. The summed E-state index contributed by atoms with van der Waals surface area (Å²) >= 11 is 0. The predicted molar refractivity (Wildman–Crippen MR) is 53.3 cm³/mol. The van der Waals surface area contributed by atoms with Crippen LogP contribution in [0.15, 0.2) is 30.3 Å². The summed E-state index contributed by atoms with van der Waals surface area (Å²) in [6, 6.07) is 9.66. The van der Waals surface area contributed by atoms with Crippen LogP contribution < -0.4 is 5.73 Å². The third-order valence-corrected chi connectivity index (χ3v) is 2.23. The van der Waals surface area contributed by atoms with Gasteiger partial charge in [-0.2, -0.15) is 0 Å². The summed E-state index contributed by atoms with van der Waals surface area (Å²) in [5.41, 5.74) is 4.18. The van der Waals surface area contributed by atoms with Gasteiger partial charge in [-0.05, 0) is 6.92 Å². The number of carbonyl (C=O) groups excluding carboxylic acids is 1. The number of rotatable bonds is 3. The van der Waals surface area contributed by atoms with Crippen LogP contribution in [0.3, 0.4) is 0 Å². The lowest BCUT2D eigenvalue weighted by molar-refractivity contribution is -0.400. The molecule has 0 unspecified atom stereocenters. The molecule has 0 fully saturated rings. The molecule has 14 heavy (non-hydrogen) atoms. The Morgan fingerprint density at radius 1 is 1.43 bits per heavy atom. The fourth-order valence-corrected chi connectivity index (χ4v) is 1.36. The molecule has 0 heterocycles. The zero-order chi connectivity index (χ0) is 10.6. The summed E-state index contributed by atoms with van der Waals surface area (Å²) in [5, 5.41) is 0. The van der Waals surface area contributed by atoms with E-state index >= 15 is 0 Å². The maximum atomic E-state index is 10.9. The molecule has 1 aromatic carbocycles. The fraction of sp³-hybridized carbons (Fsp3) is 0.364. The van der Waals surface area contributed by atoms with E-state index in [1.165, 1.54) is 6.92 Å². The van der Waals surface area contributed by atoms with Crippen LogP contribution in [0.1, 0.15) is 19.4 Å². The summed E-state index contributed by atoms with van der Waals surface area (Å²) in [4.78, 5) is 10.9. The molecular formula is C11H16NO2+. The number of esters is 1. The Hall–Kier alpha value is -1.35. The molecular weight excluding hydrogens is 178 g/mol. The van der Waals surface area contributed by atoms with E-state index in [2.05, 4.69) is 5.73 Å². The Morgan fingerprint density at radius 3 is 2.43 bits per heavy atom. The fourth-order valence-electron chi connectivity index (χ4n) is 1.36. The molecule has 0 spiro atoms. The van der Waals surface area contributed by atoms with Gasteiger partial charge in [-0.15, -0.1) is 0 Å². The second kappa shape index (κ2) is 4.24. The van der Waals surface area contributed by atoms with Gasteiger partial charge in [0.25, 0.3) is 0 Å². The van der Waals surface area contributed by atoms with Crippen molar-refractivity contribution in [3.8, 4) is 0 Å². The first-order valence-electron chi connectivity index (χ1n) is 4.63. The maximum absolute atomic E-state index is 10.9. The second-order valence-electron chi connectivity index (χ2n) is 3.44. The van der Waals surface area contributed by atoms with E-state index in [0.29, 0.717) is 6.54 Å². The van der Waals surface area contributed by atoms with Crippen LogP contribution in [0.5, 0.6) is 0 Å².